The third-order valence-electron chi connectivity index (χ3n) is 6.81. The number of hydrogen-bond acceptors (Lipinski definition) is 4. The number of carbonyl (C=O) groups excluding carboxylic acids is 1. The zero-order valence-electron chi connectivity index (χ0n) is 16.9. The first-order valence-corrected chi connectivity index (χ1v) is 10.8. The lowest BCUT2D eigenvalue weighted by Gasteiger charge is -2.35. The number of hydrogen-bond donors (Lipinski definition) is 1. The summed E-state index contributed by atoms with van der Waals surface area (Å²) in [4.78, 5) is 17.1. The Bertz CT molecular complexity index is 919. The number of anilines is 1. The van der Waals surface area contributed by atoms with Crippen molar-refractivity contribution in [2.24, 2.45) is 11.8 Å². The highest BCUT2D eigenvalue weighted by atomic mass is 19.1. The maximum atomic E-state index is 13.1. The summed E-state index contributed by atoms with van der Waals surface area (Å²) in [7, 11) is 0. The molecule has 158 valence electrons. The maximum absolute atomic E-state index is 13.1. The minimum Gasteiger partial charge on any atom is -0.488 e. The number of nitrogens with zero attached hydrogens (tertiary/aromatic N) is 2. The molecule has 2 aliphatic heterocycles. The quantitative estimate of drug-likeness (QED) is 0.842. The summed E-state index contributed by atoms with van der Waals surface area (Å²) in [5.41, 5.74) is 2.28. The molecule has 0 radical (unpaired) electrons. The van der Waals surface area contributed by atoms with Gasteiger partial charge in [0.05, 0.1) is 12.6 Å². The standard InChI is InChI=1S/C24H27FN2O3/c25-19-5-7-20(8-6-19)30-23-12-18-14-26(13-17(18)11-22(23)28)15-24(29)27-10-9-16-3-1-2-4-21(16)27/h1-8,17-18,22-23,28H,9-15H2/t17-,18+,22+,23+/m0/s1. The highest BCUT2D eigenvalue weighted by Gasteiger charge is 2.43. The fourth-order valence-corrected chi connectivity index (χ4v) is 5.31. The maximum Gasteiger partial charge on any atom is 0.241 e. The Labute approximate surface area is 176 Å². The molecule has 2 heterocycles. The monoisotopic (exact) mass is 410 g/mol. The second-order valence-corrected chi connectivity index (χ2v) is 8.79. The molecule has 1 saturated heterocycles. The van der Waals surface area contributed by atoms with Crippen LogP contribution in [0.15, 0.2) is 48.5 Å². The van der Waals surface area contributed by atoms with Gasteiger partial charge in [-0.2, -0.15) is 0 Å². The van der Waals surface area contributed by atoms with E-state index in [1.807, 2.05) is 23.1 Å². The summed E-state index contributed by atoms with van der Waals surface area (Å²) in [6, 6.07) is 14.1. The van der Waals surface area contributed by atoms with Gasteiger partial charge >= 0.3 is 0 Å². The predicted octanol–water partition coefficient (Wildman–Crippen LogP) is 2.87. The van der Waals surface area contributed by atoms with Crippen molar-refractivity contribution < 1.29 is 19.0 Å². The third-order valence-corrected chi connectivity index (χ3v) is 6.81. The number of halogens is 1. The topological polar surface area (TPSA) is 53.0 Å². The number of carbonyl (C=O) groups is 1. The average molecular weight is 410 g/mol. The van der Waals surface area contributed by atoms with Gasteiger partial charge < -0.3 is 14.7 Å². The molecule has 0 unspecified atom stereocenters. The van der Waals surface area contributed by atoms with Gasteiger partial charge in [-0.1, -0.05) is 18.2 Å². The van der Waals surface area contributed by atoms with Crippen LogP contribution in [0.3, 0.4) is 0 Å². The Kier molecular flexibility index (Phi) is 5.21. The van der Waals surface area contributed by atoms with Gasteiger partial charge in [-0.15, -0.1) is 0 Å². The van der Waals surface area contributed by atoms with Crippen molar-refractivity contribution in [1.82, 2.24) is 4.90 Å². The molecular weight excluding hydrogens is 383 g/mol. The number of amides is 1. The molecule has 2 aromatic rings. The van der Waals surface area contributed by atoms with Crippen LogP contribution in [0.25, 0.3) is 0 Å². The summed E-state index contributed by atoms with van der Waals surface area (Å²) in [6.07, 6.45) is 1.51. The minimum atomic E-state index is -0.544. The highest BCUT2D eigenvalue weighted by Crippen LogP contribution is 2.38. The number of likely N-dealkylation sites (tertiary alicyclic amines) is 1. The van der Waals surface area contributed by atoms with Gasteiger partial charge in [0.2, 0.25) is 5.91 Å². The fourth-order valence-electron chi connectivity index (χ4n) is 5.31. The van der Waals surface area contributed by atoms with Crippen molar-refractivity contribution in [2.45, 2.75) is 31.5 Å². The van der Waals surface area contributed by atoms with Crippen LogP contribution in [-0.4, -0.2) is 54.3 Å². The smallest absolute Gasteiger partial charge is 0.241 e. The van der Waals surface area contributed by atoms with Gasteiger partial charge in [-0.3, -0.25) is 9.69 Å². The first-order chi connectivity index (χ1) is 14.6. The summed E-state index contributed by atoms with van der Waals surface area (Å²) in [5.74, 6) is 1.21. The zero-order chi connectivity index (χ0) is 20.7. The number of benzene rings is 2. The number of rotatable bonds is 4. The van der Waals surface area contributed by atoms with E-state index in [2.05, 4.69) is 11.0 Å². The summed E-state index contributed by atoms with van der Waals surface area (Å²) in [5, 5.41) is 10.6. The molecule has 2 fully saturated rings. The SMILES string of the molecule is O=C(CN1C[C@H]2C[C@@H](Oc3ccc(F)cc3)[C@H](O)C[C@H]2C1)N1CCc2ccccc21. The van der Waals surface area contributed by atoms with Crippen molar-refractivity contribution in [1.29, 1.82) is 0 Å². The van der Waals surface area contributed by atoms with Crippen LogP contribution in [-0.2, 0) is 11.2 Å². The summed E-state index contributed by atoms with van der Waals surface area (Å²) >= 11 is 0. The van der Waals surface area contributed by atoms with Crippen LogP contribution in [0.2, 0.25) is 0 Å². The highest BCUT2D eigenvalue weighted by molar-refractivity contribution is 5.96. The molecule has 4 atom stereocenters. The zero-order valence-corrected chi connectivity index (χ0v) is 16.9. The molecule has 1 saturated carbocycles. The van der Waals surface area contributed by atoms with Gasteiger partial charge in [0.15, 0.2) is 0 Å². The lowest BCUT2D eigenvalue weighted by molar-refractivity contribution is -0.119. The van der Waals surface area contributed by atoms with Crippen LogP contribution >= 0.6 is 0 Å². The molecule has 6 heteroatoms. The molecule has 3 aliphatic rings. The van der Waals surface area contributed by atoms with Crippen molar-refractivity contribution in [3.8, 4) is 5.75 Å². The van der Waals surface area contributed by atoms with Crippen molar-refractivity contribution >= 4 is 11.6 Å². The second-order valence-electron chi connectivity index (χ2n) is 8.79. The van der Waals surface area contributed by atoms with Gasteiger partial charge in [-0.25, -0.2) is 4.39 Å². The van der Waals surface area contributed by atoms with Crippen LogP contribution < -0.4 is 9.64 Å². The van der Waals surface area contributed by atoms with Crippen LogP contribution in [0.4, 0.5) is 10.1 Å². The van der Waals surface area contributed by atoms with Crippen molar-refractivity contribution in [3.05, 3.63) is 59.9 Å². The lowest BCUT2D eigenvalue weighted by atomic mass is 9.78. The molecule has 1 N–H and O–H groups in total. The van der Waals surface area contributed by atoms with Gasteiger partial charge in [0.25, 0.3) is 0 Å². The Morgan fingerprint density at radius 3 is 2.60 bits per heavy atom. The van der Waals surface area contributed by atoms with E-state index in [-0.39, 0.29) is 17.8 Å². The van der Waals surface area contributed by atoms with E-state index in [0.717, 1.165) is 38.2 Å². The van der Waals surface area contributed by atoms with E-state index >= 15 is 0 Å². The molecule has 5 nitrogen and oxygen atoms in total. The number of ether oxygens (including phenoxy) is 1. The molecule has 5 rings (SSSR count). The lowest BCUT2D eigenvalue weighted by Crippen LogP contribution is -2.42. The Balaban J connectivity index is 1.19. The Morgan fingerprint density at radius 2 is 1.80 bits per heavy atom. The van der Waals surface area contributed by atoms with E-state index in [0.29, 0.717) is 30.6 Å². The normalized spacial score (nSPS) is 28.3. The summed E-state index contributed by atoms with van der Waals surface area (Å²) < 4.78 is 19.1. The molecule has 1 amide bonds. The predicted molar refractivity (Wildman–Crippen MR) is 112 cm³/mol. The van der Waals surface area contributed by atoms with Gasteiger partial charge in [0.1, 0.15) is 17.7 Å². The molecular formula is C24H27FN2O3. The van der Waals surface area contributed by atoms with Crippen LogP contribution in [0.5, 0.6) is 5.75 Å². The molecule has 1 aliphatic carbocycles. The van der Waals surface area contributed by atoms with Gasteiger partial charge in [-0.05, 0) is 67.0 Å². The molecule has 0 aromatic heterocycles. The average Bonchev–Trinajstić information content (AvgIpc) is 3.33. The first kappa shape index (κ1) is 19.5. The fraction of sp³-hybridized carbons (Fsp3) is 0.458. The number of fused-ring (bicyclic) bond motifs is 2. The van der Waals surface area contributed by atoms with E-state index in [4.69, 9.17) is 4.74 Å². The largest absolute Gasteiger partial charge is 0.488 e. The van der Waals surface area contributed by atoms with E-state index < -0.39 is 6.10 Å². The van der Waals surface area contributed by atoms with E-state index in [1.165, 1.54) is 17.7 Å². The van der Waals surface area contributed by atoms with Crippen LogP contribution in [0, 0.1) is 17.7 Å². The molecule has 30 heavy (non-hydrogen) atoms. The Hall–Kier alpha value is -2.44. The van der Waals surface area contributed by atoms with Crippen molar-refractivity contribution in [2.75, 3.05) is 31.1 Å². The number of aliphatic hydroxyl groups excluding tert-OH is 1. The van der Waals surface area contributed by atoms with Crippen molar-refractivity contribution in [3.63, 3.8) is 0 Å². The molecule has 0 bridgehead atoms. The van der Waals surface area contributed by atoms with Gasteiger partial charge in [0, 0.05) is 25.3 Å². The summed E-state index contributed by atoms with van der Waals surface area (Å²) in [6.45, 7) is 2.86. The minimum absolute atomic E-state index is 0.151. The second kappa shape index (κ2) is 8.00. The third kappa shape index (κ3) is 3.82. The first-order valence-electron chi connectivity index (χ1n) is 10.8. The van der Waals surface area contributed by atoms with Crippen LogP contribution in [0.1, 0.15) is 18.4 Å². The van der Waals surface area contributed by atoms with E-state index in [1.54, 1.807) is 12.1 Å². The Morgan fingerprint density at radius 1 is 1.07 bits per heavy atom. The molecule has 2 aromatic carbocycles. The molecule has 0 spiro atoms. The van der Waals surface area contributed by atoms with E-state index in [9.17, 15) is 14.3 Å². The number of aliphatic hydroxyl groups is 1. The number of para-hydroxylation sites is 1.